The van der Waals surface area contributed by atoms with Crippen LogP contribution < -0.4 is 16.4 Å². The number of nitrogens with one attached hydrogen (secondary N) is 2. The van der Waals surface area contributed by atoms with Gasteiger partial charge >= 0.3 is 12.4 Å². The fourth-order valence-corrected chi connectivity index (χ4v) is 2.38. The van der Waals surface area contributed by atoms with Crippen molar-refractivity contribution in [3.63, 3.8) is 0 Å². The van der Waals surface area contributed by atoms with Crippen LogP contribution in [0.15, 0.2) is 24.3 Å². The number of aryl methyl sites for hydroxylation is 1. The fourth-order valence-electron chi connectivity index (χ4n) is 2.38. The number of halogens is 6. The molecule has 0 aliphatic carbocycles. The van der Waals surface area contributed by atoms with Crippen molar-refractivity contribution >= 4 is 17.5 Å². The Morgan fingerprint density at radius 3 is 2.10 bits per heavy atom. The van der Waals surface area contributed by atoms with Crippen LogP contribution in [0.3, 0.4) is 0 Å². The van der Waals surface area contributed by atoms with E-state index < -0.39 is 48.6 Å². The molecule has 0 aliphatic heterocycles. The van der Waals surface area contributed by atoms with Crippen LogP contribution in [0, 0.1) is 6.92 Å². The lowest BCUT2D eigenvalue weighted by Gasteiger charge is -2.11. The number of hydrogen-bond donors (Lipinski definition) is 3. The van der Waals surface area contributed by atoms with Gasteiger partial charge in [0.1, 0.15) is 18.8 Å². The predicted octanol–water partition coefficient (Wildman–Crippen LogP) is 2.41. The third-order valence-corrected chi connectivity index (χ3v) is 3.81. The molecule has 1 heterocycles. The molecule has 0 saturated carbocycles. The molecule has 0 atom stereocenters. The van der Waals surface area contributed by atoms with E-state index in [0.717, 1.165) is 10.7 Å². The number of nitrogens with zero attached hydrogens (tertiary/aromatic N) is 2. The van der Waals surface area contributed by atoms with Gasteiger partial charge in [0, 0.05) is 11.8 Å². The van der Waals surface area contributed by atoms with E-state index in [1.165, 1.54) is 0 Å². The maximum Gasteiger partial charge on any atom is 0.405 e. The molecule has 2 rings (SSSR count). The monoisotopic (exact) mass is 437 g/mol. The molecule has 164 valence electrons. The average Bonchev–Trinajstić information content (AvgIpc) is 3.03. The molecular formula is C17H17F6N5O2. The Morgan fingerprint density at radius 1 is 1.00 bits per heavy atom. The Balaban J connectivity index is 2.31. The van der Waals surface area contributed by atoms with Crippen molar-refractivity contribution in [2.24, 2.45) is 0 Å². The highest BCUT2D eigenvalue weighted by molar-refractivity contribution is 5.98. The zero-order chi connectivity index (χ0) is 22.7. The van der Waals surface area contributed by atoms with Crippen LogP contribution in [0.5, 0.6) is 0 Å². The average molecular weight is 437 g/mol. The molecule has 0 bridgehead atoms. The van der Waals surface area contributed by atoms with Crippen LogP contribution in [-0.2, 0) is 6.54 Å². The van der Waals surface area contributed by atoms with Crippen LogP contribution in [0.4, 0.5) is 32.0 Å². The summed E-state index contributed by atoms with van der Waals surface area (Å²) in [5.41, 5.74) is 6.46. The first kappa shape index (κ1) is 23.0. The second-order valence-corrected chi connectivity index (χ2v) is 6.36. The van der Waals surface area contributed by atoms with Gasteiger partial charge < -0.3 is 16.4 Å². The van der Waals surface area contributed by atoms with E-state index in [1.54, 1.807) is 35.8 Å². The molecule has 1 aromatic heterocycles. The van der Waals surface area contributed by atoms with Gasteiger partial charge in [0.05, 0.1) is 6.54 Å². The molecule has 4 N–H and O–H groups in total. The van der Waals surface area contributed by atoms with Crippen LogP contribution in [0.25, 0.3) is 0 Å². The first-order valence-corrected chi connectivity index (χ1v) is 8.38. The highest BCUT2D eigenvalue weighted by atomic mass is 19.4. The standard InChI is InChI=1S/C17H17F6N5O2/c1-9-4-10(2-3-11(9)24)6-28-13(15(30)26-8-17(21,22)23)5-12(27-28)14(29)25-7-16(18,19)20/h2-5H,6-8,24H2,1H3,(H,25,29)(H,26,30). The molecule has 2 amide bonds. The number of nitrogens with two attached hydrogens (primary N) is 1. The first-order valence-electron chi connectivity index (χ1n) is 8.38. The third-order valence-electron chi connectivity index (χ3n) is 3.81. The van der Waals surface area contributed by atoms with Crippen molar-refractivity contribution in [1.29, 1.82) is 0 Å². The Labute approximate surface area is 166 Å². The smallest absolute Gasteiger partial charge is 0.399 e. The van der Waals surface area contributed by atoms with Gasteiger partial charge in [0.25, 0.3) is 11.8 Å². The number of alkyl halides is 6. The summed E-state index contributed by atoms with van der Waals surface area (Å²) in [5.74, 6) is -2.42. The molecule has 0 spiro atoms. The maximum absolute atomic E-state index is 12.4. The van der Waals surface area contributed by atoms with Gasteiger partial charge in [-0.05, 0) is 24.1 Å². The van der Waals surface area contributed by atoms with Crippen molar-refractivity contribution in [2.45, 2.75) is 25.8 Å². The van der Waals surface area contributed by atoms with E-state index >= 15 is 0 Å². The van der Waals surface area contributed by atoms with Gasteiger partial charge in [-0.2, -0.15) is 31.4 Å². The zero-order valence-corrected chi connectivity index (χ0v) is 15.5. The third kappa shape index (κ3) is 6.67. The summed E-state index contributed by atoms with van der Waals surface area (Å²) >= 11 is 0. The van der Waals surface area contributed by atoms with E-state index in [-0.39, 0.29) is 6.54 Å². The number of hydrogen-bond acceptors (Lipinski definition) is 4. The number of amides is 2. The number of anilines is 1. The molecule has 7 nitrogen and oxygen atoms in total. The number of rotatable bonds is 6. The molecule has 0 radical (unpaired) electrons. The van der Waals surface area contributed by atoms with Crippen LogP contribution in [0.1, 0.15) is 32.1 Å². The van der Waals surface area contributed by atoms with Gasteiger partial charge in [-0.3, -0.25) is 14.3 Å². The van der Waals surface area contributed by atoms with Crippen LogP contribution in [-0.4, -0.2) is 47.0 Å². The lowest BCUT2D eigenvalue weighted by atomic mass is 10.1. The molecule has 2 aromatic rings. The van der Waals surface area contributed by atoms with E-state index in [2.05, 4.69) is 5.10 Å². The van der Waals surface area contributed by atoms with Gasteiger partial charge in [-0.15, -0.1) is 0 Å². The van der Waals surface area contributed by atoms with Gasteiger partial charge in [-0.1, -0.05) is 12.1 Å². The summed E-state index contributed by atoms with van der Waals surface area (Å²) in [6.07, 6.45) is -9.35. The van der Waals surface area contributed by atoms with Crippen molar-refractivity contribution in [2.75, 3.05) is 18.8 Å². The molecule has 0 saturated heterocycles. The van der Waals surface area contributed by atoms with E-state index in [9.17, 15) is 35.9 Å². The second-order valence-electron chi connectivity index (χ2n) is 6.36. The molecule has 13 heteroatoms. The lowest BCUT2D eigenvalue weighted by Crippen LogP contribution is -2.35. The Kier molecular flexibility index (Phi) is 6.63. The summed E-state index contributed by atoms with van der Waals surface area (Å²) < 4.78 is 75.0. The predicted molar refractivity (Wildman–Crippen MR) is 93.7 cm³/mol. The minimum atomic E-state index is -4.68. The molecule has 0 fully saturated rings. The minimum Gasteiger partial charge on any atom is -0.399 e. The summed E-state index contributed by atoms with van der Waals surface area (Å²) in [6.45, 7) is -1.70. The van der Waals surface area contributed by atoms with Crippen molar-refractivity contribution < 1.29 is 35.9 Å². The summed E-state index contributed by atoms with van der Waals surface area (Å²) in [6, 6.07) is 5.60. The fraction of sp³-hybridized carbons (Fsp3) is 0.353. The van der Waals surface area contributed by atoms with Crippen LogP contribution >= 0.6 is 0 Å². The zero-order valence-electron chi connectivity index (χ0n) is 15.5. The highest BCUT2D eigenvalue weighted by Crippen LogP contribution is 2.17. The summed E-state index contributed by atoms with van der Waals surface area (Å²) in [5, 5.41) is 7.01. The van der Waals surface area contributed by atoms with Crippen molar-refractivity contribution in [1.82, 2.24) is 20.4 Å². The SMILES string of the molecule is Cc1cc(Cn2nc(C(=O)NCC(F)(F)F)cc2C(=O)NCC(F)(F)F)ccc1N. The molecule has 1 aromatic carbocycles. The van der Waals surface area contributed by atoms with Gasteiger partial charge in [0.2, 0.25) is 0 Å². The van der Waals surface area contributed by atoms with Gasteiger partial charge in [0.15, 0.2) is 5.69 Å². The molecule has 30 heavy (non-hydrogen) atoms. The van der Waals surface area contributed by atoms with Crippen LogP contribution in [0.2, 0.25) is 0 Å². The summed E-state index contributed by atoms with van der Waals surface area (Å²) in [7, 11) is 0. The second kappa shape index (κ2) is 8.63. The lowest BCUT2D eigenvalue weighted by molar-refractivity contribution is -0.123. The number of nitrogen functional groups attached to an aromatic ring is 1. The van der Waals surface area contributed by atoms with Crippen molar-refractivity contribution in [3.8, 4) is 0 Å². The largest absolute Gasteiger partial charge is 0.405 e. The first-order chi connectivity index (χ1) is 13.7. The normalized spacial score (nSPS) is 12.0. The van der Waals surface area contributed by atoms with Crippen molar-refractivity contribution in [3.05, 3.63) is 46.8 Å². The molecular weight excluding hydrogens is 420 g/mol. The Hall–Kier alpha value is -3.25. The van der Waals surface area contributed by atoms with Gasteiger partial charge in [-0.25, -0.2) is 0 Å². The maximum atomic E-state index is 12.4. The van der Waals surface area contributed by atoms with E-state index in [1.807, 2.05) is 0 Å². The minimum absolute atomic E-state index is 0.136. The quantitative estimate of drug-likeness (QED) is 0.477. The number of aromatic nitrogens is 2. The van der Waals surface area contributed by atoms with E-state index in [4.69, 9.17) is 5.73 Å². The molecule has 0 unspecified atom stereocenters. The Bertz CT molecular complexity index is 936. The molecule has 0 aliphatic rings. The summed E-state index contributed by atoms with van der Waals surface area (Å²) in [4.78, 5) is 24.1. The Morgan fingerprint density at radius 2 is 1.57 bits per heavy atom. The topological polar surface area (TPSA) is 102 Å². The highest BCUT2D eigenvalue weighted by Gasteiger charge is 2.30. The van der Waals surface area contributed by atoms with E-state index in [0.29, 0.717) is 16.8 Å². The number of carbonyl (C=O) groups excluding carboxylic acids is 2. The number of carbonyl (C=O) groups is 2. The number of benzene rings is 1.